The molecule has 0 aliphatic heterocycles. The Morgan fingerprint density at radius 3 is 2.38 bits per heavy atom. The fraction of sp³-hybridized carbons (Fsp3) is 0.667. The largest absolute Gasteiger partial charge is 0.451 e. The van der Waals surface area contributed by atoms with Crippen molar-refractivity contribution in [2.24, 2.45) is 0 Å². The molecule has 1 amide bonds. The topological polar surface area (TPSA) is 29.5 Å². The summed E-state index contributed by atoms with van der Waals surface area (Å²) >= 11 is 0. The number of carbonyl (C=O) groups excluding carboxylic acids is 1. The van der Waals surface area contributed by atoms with Crippen molar-refractivity contribution >= 4 is 26.9 Å². The normalized spacial score (nSPS) is 8.38. The summed E-state index contributed by atoms with van der Waals surface area (Å²) in [7, 11) is 5.72. The molecular weight excluding hydrogens is 138 g/mol. The molecule has 8 heavy (non-hydrogen) atoms. The number of carbonyl (C=O) groups is 1. The van der Waals surface area contributed by atoms with Crippen LogP contribution in [0.4, 0.5) is 4.79 Å². The van der Waals surface area contributed by atoms with E-state index in [0.717, 1.165) is 4.23 Å². The Balaban J connectivity index is 3.33. The van der Waals surface area contributed by atoms with Crippen LogP contribution >= 0.6 is 0 Å². The van der Waals surface area contributed by atoms with Crippen LogP contribution in [0.25, 0.3) is 0 Å². The van der Waals surface area contributed by atoms with Gasteiger partial charge in [-0.25, -0.2) is 4.79 Å². The molecule has 0 aromatic heterocycles. The Hall–Kier alpha value is -0.296. The van der Waals surface area contributed by atoms with Crippen LogP contribution < -0.4 is 0 Å². The summed E-state index contributed by atoms with van der Waals surface area (Å²) in [5.74, 6) is 0. The van der Waals surface area contributed by atoms with Gasteiger partial charge in [0.15, 0.2) is 20.8 Å². The molecule has 0 saturated heterocycles. The summed E-state index contributed by atoms with van der Waals surface area (Å²) in [5.41, 5.74) is 0. The van der Waals surface area contributed by atoms with E-state index in [1.54, 1.807) is 6.92 Å². The Bertz CT molecular complexity index is 85.4. The molecule has 0 rings (SSSR count). The van der Waals surface area contributed by atoms with Gasteiger partial charge in [0.2, 0.25) is 0 Å². The van der Waals surface area contributed by atoms with Crippen molar-refractivity contribution in [1.29, 1.82) is 0 Å². The number of amides is 1. The van der Waals surface area contributed by atoms with Gasteiger partial charge in [0.1, 0.15) is 0 Å². The van der Waals surface area contributed by atoms with Crippen molar-refractivity contribution in [3.63, 3.8) is 0 Å². The van der Waals surface area contributed by atoms with E-state index in [2.05, 4.69) is 25.5 Å². The van der Waals surface area contributed by atoms with Crippen LogP contribution in [0.5, 0.6) is 0 Å². The minimum Gasteiger partial charge on any atom is -0.451 e. The lowest BCUT2D eigenvalue weighted by atomic mass is 10.9. The highest BCUT2D eigenvalue weighted by Gasteiger charge is 2.00. The fourth-order valence-corrected chi connectivity index (χ4v) is 0.317. The minimum absolute atomic E-state index is 0.379. The molecule has 0 aliphatic carbocycles. The SMILES string of the molecule is CCOC(=O)N([Si])[Si]. The zero-order valence-corrected chi connectivity index (χ0v) is 6.47. The van der Waals surface area contributed by atoms with E-state index in [9.17, 15) is 4.79 Å². The lowest BCUT2D eigenvalue weighted by Crippen LogP contribution is -2.25. The van der Waals surface area contributed by atoms with Crippen molar-refractivity contribution < 1.29 is 9.53 Å². The number of hydrogen-bond donors (Lipinski definition) is 0. The van der Waals surface area contributed by atoms with Gasteiger partial charge in [-0.15, -0.1) is 0 Å². The molecule has 42 valence electrons. The summed E-state index contributed by atoms with van der Waals surface area (Å²) in [4.78, 5) is 10.3. The van der Waals surface area contributed by atoms with Gasteiger partial charge in [0.05, 0.1) is 6.61 Å². The maximum atomic E-state index is 10.3. The van der Waals surface area contributed by atoms with Crippen molar-refractivity contribution in [2.75, 3.05) is 6.61 Å². The maximum absolute atomic E-state index is 10.3. The second kappa shape index (κ2) is 3.67. The first-order chi connectivity index (χ1) is 3.68. The zero-order chi connectivity index (χ0) is 6.57. The van der Waals surface area contributed by atoms with E-state index in [0.29, 0.717) is 6.61 Å². The molecule has 5 heteroatoms. The number of ether oxygens (including phenoxy) is 1. The first-order valence-corrected chi connectivity index (χ1v) is 2.97. The summed E-state index contributed by atoms with van der Waals surface area (Å²) in [6, 6.07) is 0. The van der Waals surface area contributed by atoms with Gasteiger partial charge < -0.3 is 8.97 Å². The molecule has 0 saturated carbocycles. The summed E-state index contributed by atoms with van der Waals surface area (Å²) in [6.45, 7) is 2.12. The molecule has 0 aliphatic rings. The molecule has 6 radical (unpaired) electrons. The molecule has 0 N–H and O–H groups in total. The second-order valence-corrected chi connectivity index (χ2v) is 2.38. The van der Waals surface area contributed by atoms with Crippen molar-refractivity contribution in [2.45, 2.75) is 6.92 Å². The van der Waals surface area contributed by atoms with E-state index in [1.165, 1.54) is 0 Å². The predicted molar refractivity (Wildman–Crippen MR) is 30.4 cm³/mol. The van der Waals surface area contributed by atoms with Crippen molar-refractivity contribution in [3.05, 3.63) is 0 Å². The molecule has 3 nitrogen and oxygen atoms in total. The number of rotatable bonds is 1. The lowest BCUT2D eigenvalue weighted by Gasteiger charge is -2.07. The highest BCUT2D eigenvalue weighted by molar-refractivity contribution is 6.33. The highest BCUT2D eigenvalue weighted by atomic mass is 28.2. The maximum Gasteiger partial charge on any atom is 0.392 e. The average molecular weight is 143 g/mol. The van der Waals surface area contributed by atoms with E-state index >= 15 is 0 Å². The van der Waals surface area contributed by atoms with E-state index in [4.69, 9.17) is 0 Å². The minimum atomic E-state index is -0.458. The average Bonchev–Trinajstić information content (AvgIpc) is 1.67. The van der Waals surface area contributed by atoms with Gasteiger partial charge in [-0.2, -0.15) is 0 Å². The highest BCUT2D eigenvalue weighted by Crippen LogP contribution is 1.80. The van der Waals surface area contributed by atoms with E-state index in [1.807, 2.05) is 0 Å². The Kier molecular flexibility index (Phi) is 3.54. The molecule has 0 fully saturated rings. The Morgan fingerprint density at radius 2 is 2.25 bits per heavy atom. The van der Waals surface area contributed by atoms with Crippen LogP contribution in [0.15, 0.2) is 0 Å². The molecule has 0 bridgehead atoms. The van der Waals surface area contributed by atoms with Gasteiger partial charge in [0.25, 0.3) is 0 Å². The van der Waals surface area contributed by atoms with E-state index < -0.39 is 6.09 Å². The third-order valence-electron chi connectivity index (χ3n) is 0.450. The van der Waals surface area contributed by atoms with Gasteiger partial charge >= 0.3 is 6.09 Å². The molecule has 0 aromatic carbocycles. The summed E-state index contributed by atoms with van der Waals surface area (Å²) in [5, 5.41) is 0. The van der Waals surface area contributed by atoms with Gasteiger partial charge in [-0.05, 0) is 6.92 Å². The van der Waals surface area contributed by atoms with Crippen LogP contribution in [-0.2, 0) is 4.74 Å². The molecule has 0 atom stereocenters. The van der Waals surface area contributed by atoms with Crippen LogP contribution in [-0.4, -0.2) is 37.7 Å². The third-order valence-corrected chi connectivity index (χ3v) is 0.816. The summed E-state index contributed by atoms with van der Waals surface area (Å²) < 4.78 is 5.50. The first kappa shape index (κ1) is 7.70. The molecule has 0 spiro atoms. The second-order valence-electron chi connectivity index (χ2n) is 1.03. The van der Waals surface area contributed by atoms with Crippen LogP contribution in [0.2, 0.25) is 0 Å². The van der Waals surface area contributed by atoms with Crippen LogP contribution in [0.1, 0.15) is 6.92 Å². The van der Waals surface area contributed by atoms with E-state index in [-0.39, 0.29) is 0 Å². The quantitative estimate of drug-likeness (QED) is 0.468. The van der Waals surface area contributed by atoms with Crippen LogP contribution in [0, 0.1) is 0 Å². The fourth-order valence-electron chi connectivity index (χ4n) is 0.188. The monoisotopic (exact) mass is 143 g/mol. The molecule has 0 heterocycles. The molecule has 0 unspecified atom stereocenters. The van der Waals surface area contributed by atoms with Crippen molar-refractivity contribution in [3.8, 4) is 0 Å². The number of nitrogens with zero attached hydrogens (tertiary/aromatic N) is 1. The van der Waals surface area contributed by atoms with Crippen LogP contribution in [0.3, 0.4) is 0 Å². The zero-order valence-electron chi connectivity index (χ0n) is 4.47. The van der Waals surface area contributed by atoms with Gasteiger partial charge in [-0.1, -0.05) is 0 Å². The third kappa shape index (κ3) is 2.81. The standard InChI is InChI=1S/C3H5NO2Si2/c1-2-6-3(5)4(7)8/h2H2,1H3. The lowest BCUT2D eigenvalue weighted by molar-refractivity contribution is 0.145. The Labute approximate surface area is 55.0 Å². The van der Waals surface area contributed by atoms with Gasteiger partial charge in [0, 0.05) is 0 Å². The first-order valence-electron chi connectivity index (χ1n) is 2.07. The summed E-state index contributed by atoms with van der Waals surface area (Å²) in [6.07, 6.45) is -0.458. The predicted octanol–water partition coefficient (Wildman–Crippen LogP) is -0.388. The molecular formula is C3H5NO2Si2. The Morgan fingerprint density at radius 1 is 1.75 bits per heavy atom. The van der Waals surface area contributed by atoms with Crippen molar-refractivity contribution in [1.82, 2.24) is 4.23 Å². The number of hydrogen-bond acceptors (Lipinski definition) is 2. The molecule has 0 aromatic rings. The van der Waals surface area contributed by atoms with Gasteiger partial charge in [-0.3, -0.25) is 0 Å². The smallest absolute Gasteiger partial charge is 0.392 e.